The highest BCUT2D eigenvalue weighted by Crippen LogP contribution is 2.48. The zero-order valence-corrected chi connectivity index (χ0v) is 12.1. The number of benzene rings is 1. The Hall–Kier alpha value is 0.0400. The summed E-state index contributed by atoms with van der Waals surface area (Å²) in [5, 5.41) is 4.63. The summed E-state index contributed by atoms with van der Waals surface area (Å²) in [6.07, 6.45) is 0.0410. The number of ether oxygens (including phenoxy) is 1. The van der Waals surface area contributed by atoms with E-state index in [0.29, 0.717) is 15.8 Å². The lowest BCUT2D eigenvalue weighted by molar-refractivity contribution is 0.211. The molecule has 0 aromatic heterocycles. The van der Waals surface area contributed by atoms with Crippen LogP contribution in [-0.4, -0.2) is 12.6 Å². The molecule has 0 aliphatic carbocycles. The van der Waals surface area contributed by atoms with Gasteiger partial charge in [0.1, 0.15) is 11.9 Å². The van der Waals surface area contributed by atoms with Gasteiger partial charge in [-0.1, -0.05) is 30.1 Å². The minimum Gasteiger partial charge on any atom is -0.487 e. The van der Waals surface area contributed by atoms with Crippen LogP contribution in [0, 0.1) is 0 Å². The van der Waals surface area contributed by atoms with Gasteiger partial charge in [-0.15, -0.1) is 0 Å². The van der Waals surface area contributed by atoms with Crippen molar-refractivity contribution in [1.82, 2.24) is 5.32 Å². The van der Waals surface area contributed by atoms with Crippen molar-refractivity contribution in [2.45, 2.75) is 26.0 Å². The van der Waals surface area contributed by atoms with E-state index in [9.17, 15) is 0 Å². The number of hydrogen-bond donors (Lipinski definition) is 1. The van der Waals surface area contributed by atoms with Gasteiger partial charge in [-0.25, -0.2) is 0 Å². The Labute approximate surface area is 113 Å². The van der Waals surface area contributed by atoms with E-state index >= 15 is 0 Å². The Morgan fingerprint density at radius 2 is 2.19 bits per heavy atom. The van der Waals surface area contributed by atoms with Gasteiger partial charge in [0.25, 0.3) is 0 Å². The predicted molar refractivity (Wildman–Crippen MR) is 70.7 cm³/mol. The number of likely N-dealkylation sites (N-methyl/N-ethyl adjacent to an activating group) is 1. The SMILES string of the molecule is CCNC1c2c(Cl)c(Br)cc(Cl)c2OC1C. The van der Waals surface area contributed by atoms with Crippen LogP contribution in [0.4, 0.5) is 0 Å². The van der Waals surface area contributed by atoms with E-state index in [1.54, 1.807) is 6.07 Å². The van der Waals surface area contributed by atoms with Gasteiger partial charge < -0.3 is 10.1 Å². The molecule has 0 saturated carbocycles. The third-order valence-electron chi connectivity index (χ3n) is 2.67. The van der Waals surface area contributed by atoms with E-state index in [4.69, 9.17) is 27.9 Å². The number of hydrogen-bond acceptors (Lipinski definition) is 2. The molecular formula is C11H12BrCl2NO. The first-order valence-electron chi connectivity index (χ1n) is 5.13. The van der Waals surface area contributed by atoms with Crippen molar-refractivity contribution in [2.75, 3.05) is 6.54 Å². The van der Waals surface area contributed by atoms with Gasteiger partial charge in [0.2, 0.25) is 0 Å². The predicted octanol–water partition coefficient (Wildman–Crippen LogP) is 4.19. The van der Waals surface area contributed by atoms with Crippen LogP contribution < -0.4 is 10.1 Å². The van der Waals surface area contributed by atoms with Crippen molar-refractivity contribution in [1.29, 1.82) is 0 Å². The standard InChI is InChI=1S/C11H12BrCl2NO/c1-3-15-10-5(2)16-11-7(13)4-6(12)9(14)8(10)11/h4-5,10,15H,3H2,1-2H3. The van der Waals surface area contributed by atoms with Crippen molar-refractivity contribution in [2.24, 2.45) is 0 Å². The van der Waals surface area contributed by atoms with E-state index in [-0.39, 0.29) is 12.1 Å². The minimum atomic E-state index is 0.0410. The van der Waals surface area contributed by atoms with E-state index in [1.165, 1.54) is 0 Å². The number of rotatable bonds is 2. The molecule has 1 heterocycles. The molecule has 0 fully saturated rings. The van der Waals surface area contributed by atoms with Crippen LogP contribution in [0.2, 0.25) is 10.0 Å². The van der Waals surface area contributed by atoms with Gasteiger partial charge in [-0.3, -0.25) is 0 Å². The molecule has 2 rings (SSSR count). The molecule has 2 atom stereocenters. The Kier molecular flexibility index (Phi) is 3.69. The topological polar surface area (TPSA) is 21.3 Å². The maximum atomic E-state index is 6.28. The second-order valence-corrected chi connectivity index (χ2v) is 5.39. The van der Waals surface area contributed by atoms with Crippen LogP contribution in [0.25, 0.3) is 0 Å². The summed E-state index contributed by atoms with van der Waals surface area (Å²) >= 11 is 15.8. The molecule has 1 N–H and O–H groups in total. The van der Waals surface area contributed by atoms with Crippen molar-refractivity contribution in [3.8, 4) is 5.75 Å². The summed E-state index contributed by atoms with van der Waals surface area (Å²) in [6.45, 7) is 4.92. The first kappa shape index (κ1) is 12.5. The molecule has 0 amide bonds. The number of fused-ring (bicyclic) bond motifs is 1. The van der Waals surface area contributed by atoms with E-state index in [2.05, 4.69) is 28.2 Å². The average molecular weight is 325 g/mol. The average Bonchev–Trinajstić information content (AvgIpc) is 2.55. The Morgan fingerprint density at radius 1 is 1.50 bits per heavy atom. The first-order chi connectivity index (χ1) is 7.56. The summed E-state index contributed by atoms with van der Waals surface area (Å²) in [5.41, 5.74) is 0.954. The molecule has 2 nitrogen and oxygen atoms in total. The van der Waals surface area contributed by atoms with Gasteiger partial charge in [0.05, 0.1) is 16.1 Å². The lowest BCUT2D eigenvalue weighted by atomic mass is 10.0. The summed E-state index contributed by atoms with van der Waals surface area (Å²) in [6, 6.07) is 1.87. The van der Waals surface area contributed by atoms with Crippen LogP contribution in [-0.2, 0) is 0 Å². The Balaban J connectivity index is 2.54. The molecule has 2 unspecified atom stereocenters. The molecule has 5 heteroatoms. The normalized spacial score (nSPS) is 23.1. The fourth-order valence-electron chi connectivity index (χ4n) is 1.97. The number of halogens is 3. The molecule has 1 aromatic rings. The lowest BCUT2D eigenvalue weighted by Gasteiger charge is -2.16. The highest BCUT2D eigenvalue weighted by Gasteiger charge is 2.35. The Morgan fingerprint density at radius 3 is 2.81 bits per heavy atom. The zero-order chi connectivity index (χ0) is 11.9. The molecule has 0 saturated heterocycles. The molecule has 0 spiro atoms. The largest absolute Gasteiger partial charge is 0.487 e. The van der Waals surface area contributed by atoms with Crippen LogP contribution >= 0.6 is 39.1 Å². The fourth-order valence-corrected chi connectivity index (χ4v) is 3.06. The molecule has 88 valence electrons. The van der Waals surface area contributed by atoms with Gasteiger partial charge in [0.15, 0.2) is 0 Å². The second-order valence-electron chi connectivity index (χ2n) is 3.76. The maximum Gasteiger partial charge on any atom is 0.144 e. The van der Waals surface area contributed by atoms with Crippen molar-refractivity contribution < 1.29 is 4.74 Å². The van der Waals surface area contributed by atoms with Crippen LogP contribution in [0.3, 0.4) is 0 Å². The van der Waals surface area contributed by atoms with Crippen molar-refractivity contribution in [3.63, 3.8) is 0 Å². The van der Waals surface area contributed by atoms with Gasteiger partial charge in [0, 0.05) is 10.0 Å². The summed E-state index contributed by atoms with van der Waals surface area (Å²) in [5.74, 6) is 0.702. The summed E-state index contributed by atoms with van der Waals surface area (Å²) in [7, 11) is 0. The first-order valence-corrected chi connectivity index (χ1v) is 6.68. The summed E-state index contributed by atoms with van der Waals surface area (Å²) < 4.78 is 6.54. The molecular weight excluding hydrogens is 313 g/mol. The molecule has 16 heavy (non-hydrogen) atoms. The highest BCUT2D eigenvalue weighted by molar-refractivity contribution is 9.10. The molecule has 1 aromatic carbocycles. The van der Waals surface area contributed by atoms with Crippen LogP contribution in [0.15, 0.2) is 10.5 Å². The van der Waals surface area contributed by atoms with Gasteiger partial charge in [-0.2, -0.15) is 0 Å². The molecule has 1 aliphatic heterocycles. The van der Waals surface area contributed by atoms with Gasteiger partial charge >= 0.3 is 0 Å². The van der Waals surface area contributed by atoms with Crippen LogP contribution in [0.5, 0.6) is 5.75 Å². The van der Waals surface area contributed by atoms with E-state index in [0.717, 1.165) is 16.6 Å². The third-order valence-corrected chi connectivity index (χ3v) is 4.21. The van der Waals surface area contributed by atoms with Gasteiger partial charge in [-0.05, 0) is 35.5 Å². The number of nitrogens with one attached hydrogen (secondary N) is 1. The maximum absolute atomic E-state index is 6.28. The van der Waals surface area contributed by atoms with Crippen LogP contribution in [0.1, 0.15) is 25.5 Å². The van der Waals surface area contributed by atoms with E-state index in [1.807, 2.05) is 6.92 Å². The highest BCUT2D eigenvalue weighted by atomic mass is 79.9. The monoisotopic (exact) mass is 323 g/mol. The molecule has 0 bridgehead atoms. The minimum absolute atomic E-state index is 0.0410. The molecule has 1 aliphatic rings. The fraction of sp³-hybridized carbons (Fsp3) is 0.455. The quantitative estimate of drug-likeness (QED) is 0.824. The zero-order valence-electron chi connectivity index (χ0n) is 8.98. The third kappa shape index (κ3) is 1.94. The smallest absolute Gasteiger partial charge is 0.144 e. The molecule has 0 radical (unpaired) electrons. The second kappa shape index (κ2) is 4.73. The van der Waals surface area contributed by atoms with Crippen molar-refractivity contribution in [3.05, 3.63) is 26.1 Å². The summed E-state index contributed by atoms with van der Waals surface area (Å²) in [4.78, 5) is 0. The van der Waals surface area contributed by atoms with Crippen molar-refractivity contribution >= 4 is 39.1 Å². The van der Waals surface area contributed by atoms with E-state index < -0.39 is 0 Å². The lowest BCUT2D eigenvalue weighted by Crippen LogP contribution is -2.28. The Bertz CT molecular complexity index is 425.